The van der Waals surface area contributed by atoms with E-state index in [0.29, 0.717) is 4.64 Å². The van der Waals surface area contributed by atoms with Gasteiger partial charge in [0.05, 0.1) is 17.6 Å². The van der Waals surface area contributed by atoms with Crippen molar-refractivity contribution in [3.8, 4) is 11.4 Å². The first-order valence-corrected chi connectivity index (χ1v) is 8.92. The van der Waals surface area contributed by atoms with E-state index in [1.165, 1.54) is 5.56 Å². The number of aromatic hydroxyl groups is 1. The molecule has 0 unspecified atom stereocenters. The maximum atomic E-state index is 9.90. The van der Waals surface area contributed by atoms with Gasteiger partial charge in [-0.15, -0.1) is 5.10 Å². The van der Waals surface area contributed by atoms with E-state index in [9.17, 15) is 5.11 Å². The number of aromatic nitrogens is 4. The fourth-order valence-electron chi connectivity index (χ4n) is 2.75. The number of benzene rings is 1. The lowest BCUT2D eigenvalue weighted by Gasteiger charge is -2.04. The Morgan fingerprint density at radius 1 is 1.08 bits per heavy atom. The average Bonchev–Trinajstić information content (AvgIpc) is 3.08. The number of pyridine rings is 1. The summed E-state index contributed by atoms with van der Waals surface area (Å²) in [7, 11) is 0. The molecule has 2 aromatic heterocycles. The predicted molar refractivity (Wildman–Crippen MR) is 101 cm³/mol. The summed E-state index contributed by atoms with van der Waals surface area (Å²) in [5.41, 5.74) is 4.18. The molecule has 3 aromatic rings. The van der Waals surface area contributed by atoms with Crippen LogP contribution in [0.4, 0.5) is 0 Å². The largest absolute Gasteiger partial charge is 0.505 e. The van der Waals surface area contributed by atoms with Crippen LogP contribution in [-0.4, -0.2) is 25.1 Å². The molecular weight excluding hydrogens is 332 g/mol. The first-order chi connectivity index (χ1) is 12.1. The Labute approximate surface area is 152 Å². The van der Waals surface area contributed by atoms with E-state index in [1.54, 1.807) is 6.20 Å². The number of unbranched alkanes of at least 4 members (excludes halogenated alkanes) is 2. The first kappa shape index (κ1) is 17.4. The molecule has 2 N–H and O–H groups in total. The van der Waals surface area contributed by atoms with Crippen LogP contribution in [0, 0.1) is 11.6 Å². The highest BCUT2D eigenvalue weighted by Crippen LogP contribution is 2.19. The van der Waals surface area contributed by atoms with Gasteiger partial charge in [0.1, 0.15) is 4.64 Å². The smallest absolute Gasteiger partial charge is 0.153 e. The summed E-state index contributed by atoms with van der Waals surface area (Å²) in [6, 6.07) is 10.1. The number of hydrogen-bond donors (Lipinski definition) is 2. The molecule has 3 rings (SSSR count). The lowest BCUT2D eigenvalue weighted by atomic mass is 10.1. The second-order valence-corrected chi connectivity index (χ2v) is 6.64. The molecule has 25 heavy (non-hydrogen) atoms. The van der Waals surface area contributed by atoms with E-state index in [-0.39, 0.29) is 5.75 Å². The molecule has 0 saturated carbocycles. The van der Waals surface area contributed by atoms with Crippen LogP contribution in [0.25, 0.3) is 5.69 Å². The van der Waals surface area contributed by atoms with Gasteiger partial charge in [0, 0.05) is 6.20 Å². The molecule has 0 fully saturated rings. The lowest BCUT2D eigenvalue weighted by Crippen LogP contribution is -1.94. The average molecular weight is 354 g/mol. The van der Waals surface area contributed by atoms with Crippen LogP contribution in [0.5, 0.6) is 5.75 Å². The fourth-order valence-corrected chi connectivity index (χ4v) is 2.95. The zero-order chi connectivity index (χ0) is 17.6. The molecule has 130 valence electrons. The van der Waals surface area contributed by atoms with Crippen LogP contribution in [0.2, 0.25) is 0 Å². The van der Waals surface area contributed by atoms with Crippen molar-refractivity contribution in [1.82, 2.24) is 20.0 Å². The zero-order valence-corrected chi connectivity index (χ0v) is 15.1. The molecule has 0 radical (unpaired) electrons. The quantitative estimate of drug-likeness (QED) is 0.490. The summed E-state index contributed by atoms with van der Waals surface area (Å²) < 4.78 is 2.23. The number of rotatable bonds is 7. The van der Waals surface area contributed by atoms with Crippen molar-refractivity contribution < 1.29 is 5.11 Å². The van der Waals surface area contributed by atoms with Crippen LogP contribution >= 0.6 is 12.2 Å². The van der Waals surface area contributed by atoms with Gasteiger partial charge in [-0.2, -0.15) is 0 Å². The number of aromatic amines is 1. The molecule has 0 aliphatic carbocycles. The minimum atomic E-state index is 0.207. The normalized spacial score (nSPS) is 10.9. The third kappa shape index (κ3) is 4.54. The lowest BCUT2D eigenvalue weighted by molar-refractivity contribution is 0.461. The van der Waals surface area contributed by atoms with Gasteiger partial charge in [0.2, 0.25) is 0 Å². The maximum Gasteiger partial charge on any atom is 0.153 e. The summed E-state index contributed by atoms with van der Waals surface area (Å²) in [6.45, 7) is 2.07. The third-order valence-corrected chi connectivity index (χ3v) is 4.55. The molecule has 0 aliphatic heterocycles. The van der Waals surface area contributed by atoms with E-state index in [2.05, 4.69) is 34.4 Å². The Kier molecular flexibility index (Phi) is 5.60. The van der Waals surface area contributed by atoms with Gasteiger partial charge in [0.15, 0.2) is 5.75 Å². The standard InChI is InChI=1S/C19H22N4OS/c1-14-7-9-17(10-8-14)23-13-16(21-22-23)6-4-2-3-5-15-11-12-20-19(25)18(15)24/h7-13,24H,2-6H2,1H3,(H,20,25). The van der Waals surface area contributed by atoms with Gasteiger partial charge >= 0.3 is 0 Å². The second kappa shape index (κ2) is 8.07. The van der Waals surface area contributed by atoms with Crippen molar-refractivity contribution in [2.45, 2.75) is 39.0 Å². The van der Waals surface area contributed by atoms with Crippen LogP contribution < -0.4 is 0 Å². The zero-order valence-electron chi connectivity index (χ0n) is 14.3. The van der Waals surface area contributed by atoms with Crippen LogP contribution in [0.3, 0.4) is 0 Å². The topological polar surface area (TPSA) is 66.7 Å². The molecule has 5 nitrogen and oxygen atoms in total. The number of H-pyrrole nitrogens is 1. The number of hydrogen-bond acceptors (Lipinski definition) is 4. The Balaban J connectivity index is 1.46. The molecule has 0 atom stereocenters. The fraction of sp³-hybridized carbons (Fsp3) is 0.316. The van der Waals surface area contributed by atoms with Crippen LogP contribution in [-0.2, 0) is 12.8 Å². The minimum absolute atomic E-state index is 0.207. The van der Waals surface area contributed by atoms with E-state index < -0.39 is 0 Å². The number of nitrogens with one attached hydrogen (secondary N) is 1. The summed E-state index contributed by atoms with van der Waals surface area (Å²) in [4.78, 5) is 2.83. The van der Waals surface area contributed by atoms with E-state index in [4.69, 9.17) is 12.2 Å². The molecule has 1 aromatic carbocycles. The Hall–Kier alpha value is -2.47. The van der Waals surface area contributed by atoms with E-state index >= 15 is 0 Å². The third-order valence-electron chi connectivity index (χ3n) is 4.24. The molecule has 0 spiro atoms. The van der Waals surface area contributed by atoms with E-state index in [1.807, 2.05) is 29.1 Å². The van der Waals surface area contributed by atoms with Gasteiger partial charge in [-0.3, -0.25) is 0 Å². The van der Waals surface area contributed by atoms with Crippen molar-refractivity contribution in [3.63, 3.8) is 0 Å². The number of aryl methyl sites for hydroxylation is 3. The highest BCUT2D eigenvalue weighted by Gasteiger charge is 2.04. The van der Waals surface area contributed by atoms with Crippen LogP contribution in [0.1, 0.15) is 36.1 Å². The van der Waals surface area contributed by atoms with Crippen molar-refractivity contribution in [1.29, 1.82) is 0 Å². The summed E-state index contributed by atoms with van der Waals surface area (Å²) >= 11 is 5.03. The highest BCUT2D eigenvalue weighted by molar-refractivity contribution is 7.71. The van der Waals surface area contributed by atoms with Gasteiger partial charge in [-0.25, -0.2) is 4.68 Å². The van der Waals surface area contributed by atoms with Gasteiger partial charge in [-0.1, -0.05) is 41.5 Å². The SMILES string of the molecule is Cc1ccc(-n2cc(CCCCCc3cc[nH]c(=S)c3O)nn2)cc1. The Morgan fingerprint density at radius 3 is 2.64 bits per heavy atom. The predicted octanol–water partition coefficient (Wildman–Crippen LogP) is 4.29. The number of nitrogens with zero attached hydrogens (tertiary/aromatic N) is 3. The molecule has 6 heteroatoms. The summed E-state index contributed by atoms with van der Waals surface area (Å²) in [5, 5.41) is 18.4. The summed E-state index contributed by atoms with van der Waals surface area (Å²) in [6.07, 6.45) is 8.65. The molecule has 0 saturated heterocycles. The van der Waals surface area contributed by atoms with Crippen molar-refractivity contribution >= 4 is 12.2 Å². The molecular formula is C19H22N4OS. The van der Waals surface area contributed by atoms with Gasteiger partial charge in [0.25, 0.3) is 0 Å². The van der Waals surface area contributed by atoms with E-state index in [0.717, 1.165) is 49.0 Å². The van der Waals surface area contributed by atoms with Gasteiger partial charge in [-0.05, 0) is 56.4 Å². The maximum absolute atomic E-state index is 9.90. The minimum Gasteiger partial charge on any atom is -0.505 e. The van der Waals surface area contributed by atoms with Gasteiger partial charge < -0.3 is 10.1 Å². The van der Waals surface area contributed by atoms with Crippen molar-refractivity contribution in [3.05, 3.63) is 64.2 Å². The van der Waals surface area contributed by atoms with Crippen molar-refractivity contribution in [2.75, 3.05) is 0 Å². The first-order valence-electron chi connectivity index (χ1n) is 8.51. The Morgan fingerprint density at radius 2 is 1.84 bits per heavy atom. The second-order valence-electron chi connectivity index (χ2n) is 6.23. The van der Waals surface area contributed by atoms with Crippen LogP contribution in [0.15, 0.2) is 42.7 Å². The molecule has 2 heterocycles. The molecule has 0 aliphatic rings. The molecule has 0 bridgehead atoms. The highest BCUT2D eigenvalue weighted by atomic mass is 32.1. The monoisotopic (exact) mass is 354 g/mol. The summed E-state index contributed by atoms with van der Waals surface area (Å²) in [5.74, 6) is 0.207. The Bertz CT molecular complexity index is 883. The molecule has 0 amide bonds. The van der Waals surface area contributed by atoms with Crippen molar-refractivity contribution in [2.24, 2.45) is 0 Å².